The van der Waals surface area contributed by atoms with Crippen molar-refractivity contribution in [1.82, 2.24) is 9.88 Å². The van der Waals surface area contributed by atoms with Crippen LogP contribution in [0.3, 0.4) is 0 Å². The van der Waals surface area contributed by atoms with Gasteiger partial charge in [-0.15, -0.1) is 11.3 Å². The van der Waals surface area contributed by atoms with Gasteiger partial charge in [0.15, 0.2) is 5.72 Å². The van der Waals surface area contributed by atoms with Gasteiger partial charge in [-0.05, 0) is 48.9 Å². The highest BCUT2D eigenvalue weighted by atomic mass is 79.9. The number of carbonyl (C=O) groups excluding carboxylic acids is 1. The Labute approximate surface area is 206 Å². The van der Waals surface area contributed by atoms with E-state index in [0.29, 0.717) is 21.3 Å². The number of hydrogen-bond acceptors (Lipinski definition) is 5. The van der Waals surface area contributed by atoms with Gasteiger partial charge in [0.25, 0.3) is 5.91 Å². The minimum Gasteiger partial charge on any atom is -0.497 e. The van der Waals surface area contributed by atoms with Crippen molar-refractivity contribution in [1.29, 1.82) is 0 Å². The van der Waals surface area contributed by atoms with Crippen molar-refractivity contribution in [3.05, 3.63) is 91.1 Å². The fourth-order valence-corrected chi connectivity index (χ4v) is 6.24. The zero-order valence-corrected chi connectivity index (χ0v) is 20.7. The topological polar surface area (TPSA) is 62.7 Å². The minimum absolute atomic E-state index is 0.0535. The summed E-state index contributed by atoms with van der Waals surface area (Å²) in [4.78, 5) is 19.7. The Morgan fingerprint density at radius 3 is 2.67 bits per heavy atom. The molecule has 1 unspecified atom stereocenters. The number of aliphatic hydroxyl groups is 1. The molecule has 0 radical (unpaired) electrons. The predicted molar refractivity (Wildman–Crippen MR) is 129 cm³/mol. The smallest absolute Gasteiger partial charge is 0.259 e. The van der Waals surface area contributed by atoms with Crippen molar-refractivity contribution in [2.24, 2.45) is 0 Å². The van der Waals surface area contributed by atoms with Gasteiger partial charge in [0.2, 0.25) is 0 Å². The van der Waals surface area contributed by atoms with Crippen LogP contribution in [-0.4, -0.2) is 28.0 Å². The zero-order chi connectivity index (χ0) is 23.5. The van der Waals surface area contributed by atoms with Gasteiger partial charge >= 0.3 is 0 Å². The average Bonchev–Trinajstić information content (AvgIpc) is 3.26. The Morgan fingerprint density at radius 2 is 1.97 bits per heavy atom. The molecule has 1 N–H and O–H groups in total. The molecule has 5 rings (SSSR count). The van der Waals surface area contributed by atoms with Crippen molar-refractivity contribution in [2.75, 3.05) is 7.11 Å². The summed E-state index contributed by atoms with van der Waals surface area (Å²) < 4.78 is 20.9. The molecule has 4 aromatic rings. The lowest BCUT2D eigenvalue weighted by atomic mass is 9.93. The summed E-state index contributed by atoms with van der Waals surface area (Å²) >= 11 is 11.4. The molecule has 0 saturated carbocycles. The van der Waals surface area contributed by atoms with Gasteiger partial charge < -0.3 is 9.84 Å². The van der Waals surface area contributed by atoms with E-state index in [1.165, 1.54) is 28.4 Å². The third-order valence-corrected chi connectivity index (χ3v) is 7.62. The molecule has 0 aliphatic carbocycles. The maximum Gasteiger partial charge on any atom is 0.259 e. The number of carbonyl (C=O) groups is 1. The first-order valence-corrected chi connectivity index (χ1v) is 12.0. The van der Waals surface area contributed by atoms with E-state index in [-0.39, 0.29) is 22.7 Å². The lowest BCUT2D eigenvalue weighted by molar-refractivity contribution is -0.0548. The molecule has 2 heterocycles. The fraction of sp³-hybridized carbons (Fsp3) is 0.167. The van der Waals surface area contributed by atoms with E-state index < -0.39 is 17.4 Å². The fourth-order valence-electron chi connectivity index (χ4n) is 4.26. The largest absolute Gasteiger partial charge is 0.497 e. The van der Waals surface area contributed by atoms with E-state index in [4.69, 9.17) is 16.3 Å². The highest BCUT2D eigenvalue weighted by molar-refractivity contribution is 9.10. The zero-order valence-electron chi connectivity index (χ0n) is 17.5. The molecule has 1 aliphatic rings. The Hall–Kier alpha value is -2.52. The number of aryl methyl sites for hydroxylation is 1. The van der Waals surface area contributed by atoms with Gasteiger partial charge in [-0.1, -0.05) is 39.7 Å². The van der Waals surface area contributed by atoms with Gasteiger partial charge in [0, 0.05) is 27.2 Å². The lowest BCUT2D eigenvalue weighted by Gasteiger charge is -2.36. The molecule has 3 aromatic carbocycles. The third-order valence-electron chi connectivity index (χ3n) is 5.75. The van der Waals surface area contributed by atoms with Crippen LogP contribution in [0.5, 0.6) is 5.75 Å². The Kier molecular flexibility index (Phi) is 5.44. The van der Waals surface area contributed by atoms with Gasteiger partial charge in [-0.25, -0.2) is 9.37 Å². The SMILES string of the molecule is COc1ccc(CN2C(=O)c3c(c(Br)cc4sc(C)nc34)C2(O)c2cc(F)ccc2Cl)cc1. The van der Waals surface area contributed by atoms with E-state index in [1.807, 2.05) is 13.0 Å². The maximum absolute atomic E-state index is 14.3. The number of amides is 1. The molecule has 168 valence electrons. The molecule has 1 atom stereocenters. The molecule has 1 aliphatic heterocycles. The van der Waals surface area contributed by atoms with Crippen LogP contribution in [0.4, 0.5) is 4.39 Å². The number of ether oxygens (including phenoxy) is 1. The van der Waals surface area contributed by atoms with Gasteiger partial charge in [0.1, 0.15) is 11.6 Å². The molecule has 0 saturated heterocycles. The number of hydrogen-bond donors (Lipinski definition) is 1. The van der Waals surface area contributed by atoms with Crippen LogP contribution in [0.15, 0.2) is 53.0 Å². The predicted octanol–water partition coefficient (Wildman–Crippen LogP) is 6.02. The number of halogens is 3. The second-order valence-corrected chi connectivity index (χ2v) is 10.2. The summed E-state index contributed by atoms with van der Waals surface area (Å²) in [6.45, 7) is 1.91. The van der Waals surface area contributed by atoms with E-state index in [2.05, 4.69) is 20.9 Å². The van der Waals surface area contributed by atoms with Crippen LogP contribution >= 0.6 is 38.9 Å². The number of rotatable bonds is 4. The van der Waals surface area contributed by atoms with Gasteiger partial charge in [0.05, 0.1) is 27.9 Å². The molecule has 0 spiro atoms. The van der Waals surface area contributed by atoms with Crippen LogP contribution in [0, 0.1) is 12.7 Å². The summed E-state index contributed by atoms with van der Waals surface area (Å²) in [6.07, 6.45) is 0. The van der Waals surface area contributed by atoms with Crippen LogP contribution < -0.4 is 4.74 Å². The molecule has 0 fully saturated rings. The van der Waals surface area contributed by atoms with Gasteiger partial charge in [-0.2, -0.15) is 0 Å². The number of aromatic nitrogens is 1. The lowest BCUT2D eigenvalue weighted by Crippen LogP contribution is -2.44. The molecule has 1 aromatic heterocycles. The summed E-state index contributed by atoms with van der Waals surface area (Å²) in [5.41, 5.74) is -0.104. The van der Waals surface area contributed by atoms with Crippen molar-refractivity contribution in [3.63, 3.8) is 0 Å². The number of fused-ring (bicyclic) bond motifs is 3. The van der Waals surface area contributed by atoms with Crippen LogP contribution in [0.1, 0.15) is 32.1 Å². The minimum atomic E-state index is -2.02. The van der Waals surface area contributed by atoms with E-state index in [0.717, 1.165) is 21.3 Å². The quantitative estimate of drug-likeness (QED) is 0.340. The first-order valence-electron chi connectivity index (χ1n) is 9.97. The average molecular weight is 548 g/mol. The second kappa shape index (κ2) is 8.06. The molecular formula is C24H17BrClFN2O3S. The monoisotopic (exact) mass is 546 g/mol. The summed E-state index contributed by atoms with van der Waals surface area (Å²) in [5, 5.41) is 13.2. The standard InChI is InChI=1S/C24H17BrClFN2O3S/c1-12-28-22-19(33-12)10-17(25)21-20(22)23(30)29(11-13-3-6-15(32-2)7-4-13)24(21,31)16-9-14(27)5-8-18(16)26/h3-10,31H,11H2,1-2H3. The van der Waals surface area contributed by atoms with Crippen molar-refractivity contribution < 1.29 is 19.0 Å². The second-order valence-electron chi connectivity index (χ2n) is 7.72. The van der Waals surface area contributed by atoms with E-state index >= 15 is 0 Å². The molecule has 1 amide bonds. The Bertz CT molecular complexity index is 1430. The molecule has 0 bridgehead atoms. The Morgan fingerprint density at radius 1 is 1.24 bits per heavy atom. The van der Waals surface area contributed by atoms with E-state index in [1.54, 1.807) is 31.4 Å². The summed E-state index contributed by atoms with van der Waals surface area (Å²) in [5.74, 6) is -0.323. The van der Waals surface area contributed by atoms with Crippen molar-refractivity contribution in [2.45, 2.75) is 19.2 Å². The first kappa shape index (κ1) is 22.3. The number of thiazole rings is 1. The normalized spacial score (nSPS) is 17.6. The Balaban J connectivity index is 1.78. The highest BCUT2D eigenvalue weighted by Gasteiger charge is 2.53. The molecule has 5 nitrogen and oxygen atoms in total. The van der Waals surface area contributed by atoms with Crippen LogP contribution in [0.2, 0.25) is 5.02 Å². The van der Waals surface area contributed by atoms with Gasteiger partial charge in [-0.3, -0.25) is 9.69 Å². The maximum atomic E-state index is 14.3. The summed E-state index contributed by atoms with van der Waals surface area (Å²) in [7, 11) is 1.57. The van der Waals surface area contributed by atoms with Crippen LogP contribution in [-0.2, 0) is 12.3 Å². The first-order chi connectivity index (χ1) is 15.7. The molecule has 9 heteroatoms. The molecule has 33 heavy (non-hydrogen) atoms. The van der Waals surface area contributed by atoms with Crippen LogP contribution in [0.25, 0.3) is 10.2 Å². The van der Waals surface area contributed by atoms with E-state index in [9.17, 15) is 14.3 Å². The highest BCUT2D eigenvalue weighted by Crippen LogP contribution is 2.50. The number of benzene rings is 3. The number of methoxy groups -OCH3 is 1. The third kappa shape index (κ3) is 3.44. The van der Waals surface area contributed by atoms with Crippen molar-refractivity contribution >= 4 is 55.0 Å². The number of nitrogens with zero attached hydrogens (tertiary/aromatic N) is 2. The molecular weight excluding hydrogens is 531 g/mol. The summed E-state index contributed by atoms with van der Waals surface area (Å²) in [6, 6.07) is 12.7. The van der Waals surface area contributed by atoms with Crippen molar-refractivity contribution in [3.8, 4) is 5.75 Å².